The lowest BCUT2D eigenvalue weighted by atomic mass is 9.82. The van der Waals surface area contributed by atoms with Crippen LogP contribution in [-0.2, 0) is 6.42 Å². The number of nitrogen functional groups attached to an aromatic ring is 1. The first-order chi connectivity index (χ1) is 9.10. The van der Waals surface area contributed by atoms with E-state index in [0.717, 1.165) is 49.3 Å². The maximum absolute atomic E-state index is 9.75. The number of aliphatic hydroxyl groups excluding tert-OH is 1. The van der Waals surface area contributed by atoms with E-state index in [1.54, 1.807) is 0 Å². The summed E-state index contributed by atoms with van der Waals surface area (Å²) in [6.45, 7) is 4.07. The summed E-state index contributed by atoms with van der Waals surface area (Å²) in [5.74, 6) is 2.05. The lowest BCUT2D eigenvalue weighted by Crippen LogP contribution is -2.44. The van der Waals surface area contributed by atoms with Crippen molar-refractivity contribution in [2.45, 2.75) is 57.9 Å². The highest BCUT2D eigenvalue weighted by Gasteiger charge is 2.32. The molecule has 0 radical (unpaired) electrons. The van der Waals surface area contributed by atoms with E-state index in [0.29, 0.717) is 5.82 Å². The molecule has 2 rings (SSSR count). The normalized spacial score (nSPS) is 18.3. The summed E-state index contributed by atoms with van der Waals surface area (Å²) in [6, 6.07) is 0. The van der Waals surface area contributed by atoms with Crippen molar-refractivity contribution < 1.29 is 5.11 Å². The van der Waals surface area contributed by atoms with Crippen LogP contribution in [0.25, 0.3) is 0 Å². The van der Waals surface area contributed by atoms with Gasteiger partial charge in [-0.05, 0) is 19.8 Å². The Labute approximate surface area is 114 Å². The van der Waals surface area contributed by atoms with Crippen molar-refractivity contribution in [3.8, 4) is 0 Å². The van der Waals surface area contributed by atoms with Gasteiger partial charge in [0.1, 0.15) is 17.5 Å². The van der Waals surface area contributed by atoms with Crippen molar-refractivity contribution in [1.29, 1.82) is 0 Å². The third kappa shape index (κ3) is 2.97. The Balaban J connectivity index is 2.28. The number of hydrogen-bond acceptors (Lipinski definition) is 5. The van der Waals surface area contributed by atoms with Gasteiger partial charge in [0.15, 0.2) is 0 Å². The van der Waals surface area contributed by atoms with Crippen LogP contribution in [0.4, 0.5) is 11.6 Å². The number of aromatic nitrogens is 2. The van der Waals surface area contributed by atoms with Crippen LogP contribution in [0.1, 0.15) is 50.4 Å². The predicted octanol–water partition coefficient (Wildman–Crippen LogP) is 2.04. The molecule has 0 aliphatic heterocycles. The van der Waals surface area contributed by atoms with Gasteiger partial charge in [-0.1, -0.05) is 26.2 Å². The number of nitrogens with one attached hydrogen (secondary N) is 1. The summed E-state index contributed by atoms with van der Waals surface area (Å²) < 4.78 is 0. The number of nitrogens with two attached hydrogens (primary N) is 1. The van der Waals surface area contributed by atoms with Gasteiger partial charge in [0.2, 0.25) is 0 Å². The third-order valence-corrected chi connectivity index (χ3v) is 4.04. The molecule has 19 heavy (non-hydrogen) atoms. The Morgan fingerprint density at radius 1 is 1.26 bits per heavy atom. The van der Waals surface area contributed by atoms with E-state index in [2.05, 4.69) is 15.3 Å². The molecule has 1 aromatic rings. The highest BCUT2D eigenvalue weighted by Crippen LogP contribution is 2.32. The Hall–Kier alpha value is -1.36. The average molecular weight is 264 g/mol. The van der Waals surface area contributed by atoms with E-state index in [9.17, 15) is 5.11 Å². The van der Waals surface area contributed by atoms with Crippen molar-refractivity contribution in [3.63, 3.8) is 0 Å². The van der Waals surface area contributed by atoms with Crippen LogP contribution in [0, 0.1) is 6.92 Å². The minimum Gasteiger partial charge on any atom is -0.394 e. The fourth-order valence-corrected chi connectivity index (χ4v) is 2.66. The van der Waals surface area contributed by atoms with Crippen LogP contribution < -0.4 is 11.1 Å². The van der Waals surface area contributed by atoms with E-state index >= 15 is 0 Å². The molecule has 0 atom stereocenters. The molecule has 1 fully saturated rings. The highest BCUT2D eigenvalue weighted by atomic mass is 16.3. The van der Waals surface area contributed by atoms with E-state index in [1.165, 1.54) is 6.42 Å². The molecule has 1 aliphatic carbocycles. The summed E-state index contributed by atoms with van der Waals surface area (Å²) in [7, 11) is 0. The highest BCUT2D eigenvalue weighted by molar-refractivity contribution is 5.56. The molecule has 5 nitrogen and oxygen atoms in total. The summed E-state index contributed by atoms with van der Waals surface area (Å²) >= 11 is 0. The first-order valence-electron chi connectivity index (χ1n) is 7.12. The smallest absolute Gasteiger partial charge is 0.135 e. The molecule has 0 spiro atoms. The predicted molar refractivity (Wildman–Crippen MR) is 77.1 cm³/mol. The second-order valence-corrected chi connectivity index (χ2v) is 5.48. The number of anilines is 2. The zero-order valence-electron chi connectivity index (χ0n) is 11.9. The third-order valence-electron chi connectivity index (χ3n) is 4.04. The van der Waals surface area contributed by atoms with Gasteiger partial charge in [-0.2, -0.15) is 0 Å². The molecule has 4 N–H and O–H groups in total. The fraction of sp³-hybridized carbons (Fsp3) is 0.714. The molecule has 1 aromatic heterocycles. The van der Waals surface area contributed by atoms with Crippen molar-refractivity contribution in [3.05, 3.63) is 11.4 Å². The largest absolute Gasteiger partial charge is 0.394 e. The van der Waals surface area contributed by atoms with E-state index in [-0.39, 0.29) is 12.1 Å². The summed E-state index contributed by atoms with van der Waals surface area (Å²) in [5, 5.41) is 13.2. The topological polar surface area (TPSA) is 84.1 Å². The maximum Gasteiger partial charge on any atom is 0.135 e. The van der Waals surface area contributed by atoms with Gasteiger partial charge in [0.05, 0.1) is 12.1 Å². The number of hydrogen-bond donors (Lipinski definition) is 3. The molecule has 1 saturated carbocycles. The lowest BCUT2D eigenvalue weighted by Gasteiger charge is -2.37. The lowest BCUT2D eigenvalue weighted by molar-refractivity contribution is 0.172. The minimum atomic E-state index is -0.241. The fourth-order valence-electron chi connectivity index (χ4n) is 2.66. The van der Waals surface area contributed by atoms with Gasteiger partial charge in [0, 0.05) is 12.0 Å². The molecule has 0 saturated heterocycles. The molecule has 0 bridgehead atoms. The molecule has 1 heterocycles. The Morgan fingerprint density at radius 3 is 2.53 bits per heavy atom. The average Bonchev–Trinajstić information content (AvgIpc) is 2.44. The number of rotatable bonds is 4. The quantitative estimate of drug-likeness (QED) is 0.775. The van der Waals surface area contributed by atoms with Crippen LogP contribution in [0.5, 0.6) is 0 Å². The molecule has 0 aromatic carbocycles. The van der Waals surface area contributed by atoms with E-state index in [1.807, 2.05) is 13.8 Å². The standard InChI is InChI=1S/C14H24N4O/c1-3-11-16-12(15)10(2)13(17-11)18-14(9-19)7-5-4-6-8-14/h19H,3-9H2,1-2H3,(H3,15,16,17,18). The molecule has 1 aliphatic rings. The minimum absolute atomic E-state index is 0.137. The summed E-state index contributed by atoms with van der Waals surface area (Å²) in [5.41, 5.74) is 6.56. The molecular weight excluding hydrogens is 240 g/mol. The van der Waals surface area contributed by atoms with Crippen LogP contribution in [0.3, 0.4) is 0 Å². The Kier molecular flexibility index (Phi) is 4.24. The van der Waals surface area contributed by atoms with Crippen molar-refractivity contribution in [2.24, 2.45) is 0 Å². The first kappa shape index (κ1) is 14.1. The molecular formula is C14H24N4O. The number of aliphatic hydroxyl groups is 1. The van der Waals surface area contributed by atoms with Gasteiger partial charge in [-0.3, -0.25) is 0 Å². The molecule has 5 heteroatoms. The molecule has 0 amide bonds. The van der Waals surface area contributed by atoms with Crippen LogP contribution in [-0.4, -0.2) is 27.2 Å². The van der Waals surface area contributed by atoms with Crippen LogP contribution >= 0.6 is 0 Å². The van der Waals surface area contributed by atoms with Gasteiger partial charge in [0.25, 0.3) is 0 Å². The van der Waals surface area contributed by atoms with Crippen molar-refractivity contribution in [1.82, 2.24) is 9.97 Å². The number of nitrogens with zero attached hydrogens (tertiary/aromatic N) is 2. The summed E-state index contributed by atoms with van der Waals surface area (Å²) in [6.07, 6.45) is 6.25. The zero-order valence-corrected chi connectivity index (χ0v) is 11.9. The van der Waals surface area contributed by atoms with E-state index in [4.69, 9.17) is 5.73 Å². The molecule has 106 valence electrons. The second-order valence-electron chi connectivity index (χ2n) is 5.48. The second kappa shape index (κ2) is 5.74. The first-order valence-corrected chi connectivity index (χ1v) is 7.12. The van der Waals surface area contributed by atoms with Gasteiger partial charge < -0.3 is 16.2 Å². The van der Waals surface area contributed by atoms with Gasteiger partial charge in [-0.25, -0.2) is 9.97 Å². The number of aryl methyl sites for hydroxylation is 1. The Morgan fingerprint density at radius 2 is 1.95 bits per heavy atom. The van der Waals surface area contributed by atoms with Crippen molar-refractivity contribution >= 4 is 11.6 Å². The monoisotopic (exact) mass is 264 g/mol. The van der Waals surface area contributed by atoms with E-state index < -0.39 is 0 Å². The zero-order chi connectivity index (χ0) is 13.9. The van der Waals surface area contributed by atoms with Crippen LogP contribution in [0.15, 0.2) is 0 Å². The SMILES string of the molecule is CCc1nc(N)c(C)c(NC2(CO)CCCCC2)n1. The summed E-state index contributed by atoms with van der Waals surface area (Å²) in [4.78, 5) is 8.78. The van der Waals surface area contributed by atoms with Gasteiger partial charge >= 0.3 is 0 Å². The Bertz CT molecular complexity index is 441. The van der Waals surface area contributed by atoms with Crippen LogP contribution in [0.2, 0.25) is 0 Å². The van der Waals surface area contributed by atoms with Gasteiger partial charge in [-0.15, -0.1) is 0 Å². The van der Waals surface area contributed by atoms with Crippen molar-refractivity contribution in [2.75, 3.05) is 17.7 Å². The molecule has 0 unspecified atom stereocenters. The maximum atomic E-state index is 9.75.